The number of urea groups is 1. The molecule has 0 aromatic heterocycles. The molecule has 2 aliphatic rings. The van der Waals surface area contributed by atoms with Crippen LogP contribution in [-0.2, 0) is 19.0 Å². The highest BCUT2D eigenvalue weighted by Gasteiger charge is 2.34. The molecule has 1 saturated heterocycles. The molecule has 0 bridgehead atoms. The van der Waals surface area contributed by atoms with Crippen molar-refractivity contribution >= 4 is 6.03 Å². The van der Waals surface area contributed by atoms with Gasteiger partial charge in [-0.05, 0) is 48.6 Å². The number of rotatable bonds is 4. The summed E-state index contributed by atoms with van der Waals surface area (Å²) in [5.74, 6) is 0. The Bertz CT molecular complexity index is 851. The fourth-order valence-electron chi connectivity index (χ4n) is 4.08. The fraction of sp³-hybridized carbons (Fsp3) is 0.409. The second kappa shape index (κ2) is 7.71. The minimum Gasteiger partial charge on any atom is -0.331 e. The lowest BCUT2D eigenvalue weighted by atomic mass is 10.1. The number of halogens is 3. The summed E-state index contributed by atoms with van der Waals surface area (Å²) in [5.41, 5.74) is 2.74. The van der Waals surface area contributed by atoms with Crippen LogP contribution in [0.3, 0.4) is 0 Å². The van der Waals surface area contributed by atoms with E-state index in [0.29, 0.717) is 24.7 Å². The zero-order valence-electron chi connectivity index (χ0n) is 16.2. The van der Waals surface area contributed by atoms with E-state index in [9.17, 15) is 18.0 Å². The van der Waals surface area contributed by atoms with Crippen molar-refractivity contribution in [1.29, 1.82) is 0 Å². The average molecular weight is 403 g/mol. The summed E-state index contributed by atoms with van der Waals surface area (Å²) in [7, 11) is 0. The topological polar surface area (TPSA) is 44.4 Å². The maximum absolute atomic E-state index is 12.7. The summed E-state index contributed by atoms with van der Waals surface area (Å²) in [5, 5.41) is 6.49. The molecule has 4 rings (SSSR count). The summed E-state index contributed by atoms with van der Waals surface area (Å²) in [4.78, 5) is 14.1. The lowest BCUT2D eigenvalue weighted by Gasteiger charge is -2.41. The minimum atomic E-state index is -4.36. The Morgan fingerprint density at radius 1 is 1.00 bits per heavy atom. The first-order valence-corrected chi connectivity index (χ1v) is 9.85. The molecule has 1 atom stereocenters. The van der Waals surface area contributed by atoms with Gasteiger partial charge in [0.1, 0.15) is 0 Å². The summed E-state index contributed by atoms with van der Waals surface area (Å²) in [6, 6.07) is 13.5. The molecule has 1 aliphatic carbocycles. The quantitative estimate of drug-likeness (QED) is 0.813. The molecule has 1 unspecified atom stereocenters. The molecule has 0 saturated carbocycles. The van der Waals surface area contributed by atoms with Crippen LogP contribution in [-0.4, -0.2) is 36.1 Å². The van der Waals surface area contributed by atoms with Crippen molar-refractivity contribution in [2.45, 2.75) is 44.1 Å². The summed E-state index contributed by atoms with van der Waals surface area (Å²) >= 11 is 0. The first-order valence-electron chi connectivity index (χ1n) is 9.85. The van der Waals surface area contributed by atoms with Gasteiger partial charge in [0, 0.05) is 25.2 Å². The zero-order valence-corrected chi connectivity index (χ0v) is 16.2. The standard InChI is InChI=1S/C22H24F3N3O/c1-14(15-6-8-18(9-7-15)22(23,24)25)26-21(29)28-12-20(13-28)27-19-10-16-4-2-3-5-17(16)11-19/h2-9,14,19-20,27H,10-13H2,1H3,(H,26,29). The van der Waals surface area contributed by atoms with Crippen LogP contribution in [0.15, 0.2) is 48.5 Å². The van der Waals surface area contributed by atoms with Crippen LogP contribution >= 0.6 is 0 Å². The number of benzene rings is 2. The van der Waals surface area contributed by atoms with Gasteiger partial charge in [0.25, 0.3) is 0 Å². The van der Waals surface area contributed by atoms with E-state index in [2.05, 4.69) is 34.9 Å². The van der Waals surface area contributed by atoms with Crippen LogP contribution in [0.1, 0.15) is 35.2 Å². The number of likely N-dealkylation sites (tertiary alicyclic amines) is 1. The third-order valence-electron chi connectivity index (χ3n) is 5.77. The van der Waals surface area contributed by atoms with E-state index in [4.69, 9.17) is 0 Å². The molecule has 2 N–H and O–H groups in total. The highest BCUT2D eigenvalue weighted by molar-refractivity contribution is 5.75. The smallest absolute Gasteiger partial charge is 0.331 e. The van der Waals surface area contributed by atoms with E-state index in [1.54, 1.807) is 11.8 Å². The molecule has 2 aromatic rings. The second-order valence-corrected chi connectivity index (χ2v) is 7.93. The number of alkyl halides is 3. The number of fused-ring (bicyclic) bond motifs is 1. The van der Waals surface area contributed by atoms with Crippen LogP contribution in [0, 0.1) is 0 Å². The Kier molecular flexibility index (Phi) is 5.25. The zero-order chi connectivity index (χ0) is 20.6. The molecular weight excluding hydrogens is 379 g/mol. The minimum absolute atomic E-state index is 0.190. The van der Waals surface area contributed by atoms with Gasteiger partial charge >= 0.3 is 12.2 Å². The van der Waals surface area contributed by atoms with Crippen molar-refractivity contribution in [3.63, 3.8) is 0 Å². The van der Waals surface area contributed by atoms with E-state index in [-0.39, 0.29) is 18.1 Å². The Morgan fingerprint density at radius 2 is 1.59 bits per heavy atom. The van der Waals surface area contributed by atoms with Gasteiger partial charge in [0.2, 0.25) is 0 Å². The highest BCUT2D eigenvalue weighted by atomic mass is 19.4. The molecule has 7 heteroatoms. The third-order valence-corrected chi connectivity index (χ3v) is 5.77. The maximum atomic E-state index is 12.7. The number of carbonyl (C=O) groups is 1. The first kappa shape index (κ1) is 19.8. The van der Waals surface area contributed by atoms with Crippen molar-refractivity contribution in [1.82, 2.24) is 15.5 Å². The molecule has 2 amide bonds. The fourth-order valence-corrected chi connectivity index (χ4v) is 4.08. The van der Waals surface area contributed by atoms with E-state index >= 15 is 0 Å². The summed E-state index contributed by atoms with van der Waals surface area (Å²) in [6.45, 7) is 3.04. The summed E-state index contributed by atoms with van der Waals surface area (Å²) < 4.78 is 38.0. The SMILES string of the molecule is CC(NC(=O)N1CC(NC2Cc3ccccc3C2)C1)c1ccc(C(F)(F)F)cc1. The average Bonchev–Trinajstić information content (AvgIpc) is 3.06. The molecule has 2 aromatic carbocycles. The molecule has 4 nitrogen and oxygen atoms in total. The van der Waals surface area contributed by atoms with Crippen molar-refractivity contribution in [2.75, 3.05) is 13.1 Å². The van der Waals surface area contributed by atoms with Gasteiger partial charge in [-0.2, -0.15) is 13.2 Å². The predicted octanol–water partition coefficient (Wildman–Crippen LogP) is 3.92. The molecule has 154 valence electrons. The molecule has 0 radical (unpaired) electrons. The van der Waals surface area contributed by atoms with Crippen LogP contribution in [0.2, 0.25) is 0 Å². The van der Waals surface area contributed by atoms with Crippen LogP contribution < -0.4 is 10.6 Å². The molecule has 29 heavy (non-hydrogen) atoms. The molecular formula is C22H24F3N3O. The molecule has 1 fully saturated rings. The van der Waals surface area contributed by atoms with Gasteiger partial charge in [0.05, 0.1) is 11.6 Å². The molecule has 1 aliphatic heterocycles. The van der Waals surface area contributed by atoms with Gasteiger partial charge in [-0.15, -0.1) is 0 Å². The second-order valence-electron chi connectivity index (χ2n) is 7.93. The highest BCUT2D eigenvalue weighted by Crippen LogP contribution is 2.30. The molecule has 0 spiro atoms. The number of carbonyl (C=O) groups excluding carboxylic acids is 1. The van der Waals surface area contributed by atoms with Crippen LogP contribution in [0.5, 0.6) is 0 Å². The number of nitrogens with zero attached hydrogens (tertiary/aromatic N) is 1. The van der Waals surface area contributed by atoms with E-state index in [0.717, 1.165) is 25.0 Å². The normalized spacial score (nSPS) is 18.3. The van der Waals surface area contributed by atoms with Gasteiger partial charge in [-0.3, -0.25) is 0 Å². The van der Waals surface area contributed by atoms with E-state index in [1.165, 1.54) is 23.3 Å². The Morgan fingerprint density at radius 3 is 2.14 bits per heavy atom. The van der Waals surface area contributed by atoms with Crippen molar-refractivity contribution in [2.24, 2.45) is 0 Å². The van der Waals surface area contributed by atoms with Crippen molar-refractivity contribution in [3.8, 4) is 0 Å². The van der Waals surface area contributed by atoms with Gasteiger partial charge in [-0.25, -0.2) is 4.79 Å². The maximum Gasteiger partial charge on any atom is 0.416 e. The Labute approximate surface area is 168 Å². The lowest BCUT2D eigenvalue weighted by Crippen LogP contribution is -2.63. The predicted molar refractivity (Wildman–Crippen MR) is 105 cm³/mol. The van der Waals surface area contributed by atoms with Gasteiger partial charge < -0.3 is 15.5 Å². The third kappa shape index (κ3) is 4.40. The van der Waals surface area contributed by atoms with Crippen molar-refractivity contribution in [3.05, 3.63) is 70.8 Å². The lowest BCUT2D eigenvalue weighted by molar-refractivity contribution is -0.137. The van der Waals surface area contributed by atoms with Gasteiger partial charge in [0.15, 0.2) is 0 Å². The van der Waals surface area contributed by atoms with Crippen LogP contribution in [0.25, 0.3) is 0 Å². The van der Waals surface area contributed by atoms with E-state index < -0.39 is 11.7 Å². The number of amides is 2. The van der Waals surface area contributed by atoms with Gasteiger partial charge in [-0.1, -0.05) is 36.4 Å². The monoisotopic (exact) mass is 403 g/mol. The Balaban J connectivity index is 1.23. The number of hydrogen-bond donors (Lipinski definition) is 2. The number of nitrogens with one attached hydrogen (secondary N) is 2. The van der Waals surface area contributed by atoms with Crippen molar-refractivity contribution < 1.29 is 18.0 Å². The number of hydrogen-bond acceptors (Lipinski definition) is 2. The van der Waals surface area contributed by atoms with Crippen LogP contribution in [0.4, 0.5) is 18.0 Å². The molecule has 1 heterocycles. The largest absolute Gasteiger partial charge is 0.416 e. The first-order chi connectivity index (χ1) is 13.8. The Hall–Kier alpha value is -2.54. The summed E-state index contributed by atoms with van der Waals surface area (Å²) in [6.07, 6.45) is -2.32. The van der Waals surface area contributed by atoms with E-state index in [1.807, 2.05) is 0 Å².